The maximum absolute atomic E-state index is 13.2. The Morgan fingerprint density at radius 1 is 1.08 bits per heavy atom. The predicted molar refractivity (Wildman–Crippen MR) is 104 cm³/mol. The molecule has 0 spiro atoms. The highest BCUT2D eigenvalue weighted by Crippen LogP contribution is 2.34. The molecule has 2 aliphatic heterocycles. The Bertz CT molecular complexity index is 705. The van der Waals surface area contributed by atoms with Crippen LogP contribution >= 0.6 is 0 Å². The van der Waals surface area contributed by atoms with Crippen LogP contribution < -0.4 is 0 Å². The lowest BCUT2D eigenvalue weighted by molar-refractivity contribution is -0.137. The van der Waals surface area contributed by atoms with Gasteiger partial charge < -0.3 is 4.90 Å². The molecule has 1 aromatic carbocycles. The third-order valence-electron chi connectivity index (χ3n) is 5.44. The van der Waals surface area contributed by atoms with Crippen LogP contribution in [0.1, 0.15) is 57.1 Å². The molecular weight excluding hydrogens is 324 g/mol. The number of carbonyl (C=O) groups excluding carboxylic acids is 2. The molecule has 0 bridgehead atoms. The van der Waals surface area contributed by atoms with Crippen molar-refractivity contribution in [1.82, 2.24) is 9.80 Å². The highest BCUT2D eigenvalue weighted by Gasteiger charge is 2.41. The van der Waals surface area contributed by atoms with Crippen LogP contribution in [0.2, 0.25) is 0 Å². The van der Waals surface area contributed by atoms with Gasteiger partial charge in [0.15, 0.2) is 0 Å². The van der Waals surface area contributed by atoms with E-state index in [2.05, 4.69) is 18.7 Å². The van der Waals surface area contributed by atoms with Crippen molar-refractivity contribution in [1.29, 1.82) is 0 Å². The summed E-state index contributed by atoms with van der Waals surface area (Å²) in [7, 11) is 0. The van der Waals surface area contributed by atoms with E-state index in [0.717, 1.165) is 49.9 Å². The van der Waals surface area contributed by atoms with Gasteiger partial charge in [-0.1, -0.05) is 56.5 Å². The summed E-state index contributed by atoms with van der Waals surface area (Å²) in [6, 6.07) is 7.96. The Balaban J connectivity index is 1.97. The zero-order valence-electron chi connectivity index (χ0n) is 16.3. The van der Waals surface area contributed by atoms with E-state index < -0.39 is 0 Å². The smallest absolute Gasteiger partial charge is 0.277 e. The summed E-state index contributed by atoms with van der Waals surface area (Å²) in [5.74, 6) is 0.325. The first kappa shape index (κ1) is 18.7. The van der Waals surface area contributed by atoms with E-state index in [0.29, 0.717) is 23.7 Å². The number of likely N-dealkylation sites (tertiary alicyclic amines) is 1. The van der Waals surface area contributed by atoms with E-state index in [-0.39, 0.29) is 11.8 Å². The van der Waals surface area contributed by atoms with Gasteiger partial charge in [-0.15, -0.1) is 0 Å². The van der Waals surface area contributed by atoms with E-state index in [9.17, 15) is 9.59 Å². The molecule has 0 N–H and O–H groups in total. The average Bonchev–Trinajstić information content (AvgIpc) is 2.87. The Morgan fingerprint density at radius 3 is 2.46 bits per heavy atom. The highest BCUT2D eigenvalue weighted by molar-refractivity contribution is 6.35. The fraction of sp³-hybridized carbons (Fsp3) is 0.545. The molecule has 0 saturated carbocycles. The standard InChI is InChI=1S/C22H30N2O2/c1-4-5-6-14-24-21(25)19(18-11-9-16(2)10-12-18)20(22(24)26)23-13-7-8-17(3)15-23/h9-12,17H,4-8,13-15H2,1-3H3. The number of unbranched alkanes of at least 4 members (excludes halogenated alkanes) is 2. The first-order chi connectivity index (χ1) is 12.5. The van der Waals surface area contributed by atoms with Crippen LogP contribution in [-0.4, -0.2) is 41.2 Å². The average molecular weight is 354 g/mol. The topological polar surface area (TPSA) is 40.6 Å². The van der Waals surface area contributed by atoms with Crippen LogP contribution in [0, 0.1) is 12.8 Å². The van der Waals surface area contributed by atoms with Crippen LogP contribution in [0.5, 0.6) is 0 Å². The van der Waals surface area contributed by atoms with Crippen LogP contribution in [0.15, 0.2) is 30.0 Å². The van der Waals surface area contributed by atoms with Gasteiger partial charge in [-0.3, -0.25) is 14.5 Å². The van der Waals surface area contributed by atoms with Gasteiger partial charge in [-0.2, -0.15) is 0 Å². The van der Waals surface area contributed by atoms with Crippen molar-refractivity contribution in [2.45, 2.75) is 52.9 Å². The van der Waals surface area contributed by atoms with Gasteiger partial charge in [0, 0.05) is 19.6 Å². The van der Waals surface area contributed by atoms with Crippen molar-refractivity contribution in [3.8, 4) is 0 Å². The van der Waals surface area contributed by atoms with Gasteiger partial charge in [0.05, 0.1) is 5.57 Å². The zero-order chi connectivity index (χ0) is 18.7. The summed E-state index contributed by atoms with van der Waals surface area (Å²) in [5.41, 5.74) is 3.24. The molecule has 1 fully saturated rings. The summed E-state index contributed by atoms with van der Waals surface area (Å²) < 4.78 is 0. The van der Waals surface area contributed by atoms with Crippen LogP contribution in [0.4, 0.5) is 0 Å². The molecule has 1 aromatic rings. The van der Waals surface area contributed by atoms with Crippen molar-refractivity contribution in [3.05, 3.63) is 41.1 Å². The molecule has 2 aliphatic rings. The van der Waals surface area contributed by atoms with Crippen LogP contribution in [0.3, 0.4) is 0 Å². The number of carbonyl (C=O) groups is 2. The number of nitrogens with zero attached hydrogens (tertiary/aromatic N) is 2. The summed E-state index contributed by atoms with van der Waals surface area (Å²) in [4.78, 5) is 30.0. The first-order valence-corrected chi connectivity index (χ1v) is 9.95. The molecule has 26 heavy (non-hydrogen) atoms. The van der Waals surface area contributed by atoms with Crippen molar-refractivity contribution in [3.63, 3.8) is 0 Å². The Kier molecular flexibility index (Phi) is 5.80. The number of piperidine rings is 1. The molecule has 3 rings (SSSR count). The van der Waals surface area contributed by atoms with Gasteiger partial charge in [0.2, 0.25) is 0 Å². The minimum atomic E-state index is -0.122. The monoisotopic (exact) mass is 354 g/mol. The molecular formula is C22H30N2O2. The molecule has 1 unspecified atom stereocenters. The largest absolute Gasteiger partial charge is 0.366 e. The van der Waals surface area contributed by atoms with E-state index in [1.54, 1.807) is 0 Å². The number of amides is 2. The predicted octanol–water partition coefficient (Wildman–Crippen LogP) is 4.00. The first-order valence-electron chi connectivity index (χ1n) is 9.95. The second kappa shape index (κ2) is 8.07. The fourth-order valence-corrected chi connectivity index (χ4v) is 3.95. The van der Waals surface area contributed by atoms with E-state index >= 15 is 0 Å². The number of aryl methyl sites for hydroxylation is 1. The Labute approximate surface area is 156 Å². The summed E-state index contributed by atoms with van der Waals surface area (Å²) in [6.45, 7) is 8.61. The van der Waals surface area contributed by atoms with Crippen molar-refractivity contribution < 1.29 is 9.59 Å². The molecule has 0 radical (unpaired) electrons. The van der Waals surface area contributed by atoms with Crippen molar-refractivity contribution in [2.24, 2.45) is 5.92 Å². The third kappa shape index (κ3) is 3.69. The zero-order valence-corrected chi connectivity index (χ0v) is 16.3. The Morgan fingerprint density at radius 2 is 1.81 bits per heavy atom. The van der Waals surface area contributed by atoms with Crippen LogP contribution in [-0.2, 0) is 9.59 Å². The lowest BCUT2D eigenvalue weighted by Gasteiger charge is -2.33. The normalized spacial score (nSPS) is 21.1. The summed E-state index contributed by atoms with van der Waals surface area (Å²) >= 11 is 0. The van der Waals surface area contributed by atoms with Gasteiger partial charge in [-0.05, 0) is 37.7 Å². The van der Waals surface area contributed by atoms with E-state index in [1.165, 1.54) is 11.3 Å². The van der Waals surface area contributed by atoms with Crippen LogP contribution in [0.25, 0.3) is 5.57 Å². The maximum atomic E-state index is 13.2. The molecule has 140 valence electrons. The number of imide groups is 1. The lowest BCUT2D eigenvalue weighted by atomic mass is 9.97. The SMILES string of the molecule is CCCCCN1C(=O)C(c2ccc(C)cc2)=C(N2CCCC(C)C2)C1=O. The quantitative estimate of drug-likeness (QED) is 0.573. The molecule has 2 amide bonds. The second-order valence-corrected chi connectivity index (χ2v) is 7.75. The minimum absolute atomic E-state index is 0.101. The van der Waals surface area contributed by atoms with Gasteiger partial charge in [-0.25, -0.2) is 0 Å². The molecule has 1 atom stereocenters. The maximum Gasteiger partial charge on any atom is 0.277 e. The third-order valence-corrected chi connectivity index (χ3v) is 5.44. The highest BCUT2D eigenvalue weighted by atomic mass is 16.2. The van der Waals surface area contributed by atoms with Gasteiger partial charge in [0.25, 0.3) is 11.8 Å². The number of rotatable bonds is 6. The fourth-order valence-electron chi connectivity index (χ4n) is 3.95. The van der Waals surface area contributed by atoms with Crippen molar-refractivity contribution in [2.75, 3.05) is 19.6 Å². The van der Waals surface area contributed by atoms with Gasteiger partial charge >= 0.3 is 0 Å². The number of benzene rings is 1. The summed E-state index contributed by atoms with van der Waals surface area (Å²) in [6.07, 6.45) is 5.24. The van der Waals surface area contributed by atoms with E-state index in [4.69, 9.17) is 0 Å². The number of hydrogen-bond donors (Lipinski definition) is 0. The lowest BCUT2D eigenvalue weighted by Crippen LogP contribution is -2.39. The van der Waals surface area contributed by atoms with Gasteiger partial charge in [0.1, 0.15) is 5.70 Å². The molecule has 2 heterocycles. The Hall–Kier alpha value is -2.10. The molecule has 4 heteroatoms. The minimum Gasteiger partial charge on any atom is -0.366 e. The van der Waals surface area contributed by atoms with Crippen molar-refractivity contribution >= 4 is 17.4 Å². The second-order valence-electron chi connectivity index (χ2n) is 7.75. The molecule has 0 aromatic heterocycles. The summed E-state index contributed by atoms with van der Waals surface area (Å²) in [5, 5.41) is 0. The number of hydrogen-bond acceptors (Lipinski definition) is 3. The molecule has 1 saturated heterocycles. The molecule has 4 nitrogen and oxygen atoms in total. The molecule has 0 aliphatic carbocycles. The van der Waals surface area contributed by atoms with E-state index in [1.807, 2.05) is 31.2 Å².